The molecule has 0 spiro atoms. The Hall–Kier alpha value is -10.8. The van der Waals surface area contributed by atoms with Crippen molar-refractivity contribution >= 4 is 123 Å². The molecule has 0 saturated carbocycles. The number of carbonyl (C=O) groups is 14. The molecule has 0 bridgehead atoms. The molecule has 4 rings (SSSR count). The molecular formula is C77H130N26O14S. The molecule has 2 saturated heterocycles. The number of aromatic amines is 1. The average molecular weight is 1680 g/mol. The van der Waals surface area contributed by atoms with E-state index >= 15 is 4.79 Å². The maximum atomic E-state index is 15.1. The Kier molecular flexibility index (Phi) is 42.8. The first kappa shape index (κ1) is 99.5. The van der Waals surface area contributed by atoms with Crippen molar-refractivity contribution < 1.29 is 67.1 Å². The minimum Gasteiger partial charge on any atom is -0.370 e. The van der Waals surface area contributed by atoms with Gasteiger partial charge >= 0.3 is 0 Å². The number of unbranched alkanes of at least 4 members (excludes halogenated alkanes) is 1. The zero-order chi connectivity index (χ0) is 88.0. The van der Waals surface area contributed by atoms with E-state index in [0.717, 1.165) is 17.0 Å². The molecule has 40 nitrogen and oxygen atoms in total. The van der Waals surface area contributed by atoms with Crippen LogP contribution >= 0.6 is 11.8 Å². The molecule has 658 valence electrons. The lowest BCUT2D eigenvalue weighted by Gasteiger charge is -2.32. The number of guanidine groups is 3. The number of primary amides is 1. The van der Waals surface area contributed by atoms with Crippen LogP contribution in [0.5, 0.6) is 0 Å². The highest BCUT2D eigenvalue weighted by atomic mass is 32.2. The minimum atomic E-state index is -1.64. The van der Waals surface area contributed by atoms with Gasteiger partial charge in [-0.2, -0.15) is 11.8 Å². The van der Waals surface area contributed by atoms with Gasteiger partial charge in [0.2, 0.25) is 82.7 Å². The predicted molar refractivity (Wildman–Crippen MR) is 451 cm³/mol. The number of carbonyl (C=O) groups excluding carboxylic acids is 14. The molecule has 2 aliphatic heterocycles. The Balaban J connectivity index is 1.60. The lowest BCUT2D eigenvalue weighted by atomic mass is 9.99. The number of benzene rings is 1. The maximum Gasteiger partial charge on any atom is 0.245 e. The van der Waals surface area contributed by atoms with Gasteiger partial charge in [0.15, 0.2) is 17.9 Å². The quantitative estimate of drug-likeness (QED) is 0.0129. The third-order valence-corrected chi connectivity index (χ3v) is 20.7. The van der Waals surface area contributed by atoms with Crippen LogP contribution in [0.3, 0.4) is 0 Å². The van der Waals surface area contributed by atoms with E-state index in [2.05, 4.69) is 85.0 Å². The molecule has 0 radical (unpaired) electrons. The van der Waals surface area contributed by atoms with Gasteiger partial charge < -0.3 is 125 Å². The number of aliphatic imine (C=N–C) groups is 3. The summed E-state index contributed by atoms with van der Waals surface area (Å²) >= 11 is 1.32. The molecule has 1 aromatic carbocycles. The van der Waals surface area contributed by atoms with E-state index < -0.39 is 186 Å². The van der Waals surface area contributed by atoms with Crippen molar-refractivity contribution in [3.63, 3.8) is 0 Å². The summed E-state index contributed by atoms with van der Waals surface area (Å²) in [7, 11) is 0. The van der Waals surface area contributed by atoms with Gasteiger partial charge in [0.25, 0.3) is 0 Å². The molecule has 2 fully saturated rings. The number of nitrogens with one attached hydrogen (secondary N) is 12. The lowest BCUT2D eigenvalue weighted by molar-refractivity contribution is -0.143. The smallest absolute Gasteiger partial charge is 0.245 e. The number of amides is 14. The first-order chi connectivity index (χ1) is 55.8. The number of likely N-dealkylation sites (tertiary alicyclic amines) is 2. The van der Waals surface area contributed by atoms with Crippen LogP contribution in [0.25, 0.3) is 10.9 Å². The van der Waals surface area contributed by atoms with Crippen LogP contribution in [0.15, 0.2) is 58.1 Å². The first-order valence-electron chi connectivity index (χ1n) is 40.3. The summed E-state index contributed by atoms with van der Waals surface area (Å²) in [4.78, 5) is 217. The van der Waals surface area contributed by atoms with Gasteiger partial charge in [0.1, 0.15) is 72.5 Å². The second-order valence-electron chi connectivity index (χ2n) is 31.1. The van der Waals surface area contributed by atoms with Crippen molar-refractivity contribution in [3.8, 4) is 0 Å². The Bertz CT molecular complexity index is 3820. The number of nitrogens with two attached hydrogens (primary N) is 9. The Morgan fingerprint density at radius 1 is 0.508 bits per heavy atom. The van der Waals surface area contributed by atoms with E-state index in [9.17, 15) is 62.3 Å². The summed E-state index contributed by atoms with van der Waals surface area (Å²) in [6.45, 7) is 17.2. The topological polar surface area (TPSA) is 665 Å². The fraction of sp³-hybridized carbons (Fsp3) is 0.649. The molecule has 0 aliphatic carbocycles. The number of hydrogen-bond donors (Lipinski definition) is 21. The number of para-hydroxylation sites is 1. The Labute approximate surface area is 693 Å². The fourth-order valence-corrected chi connectivity index (χ4v) is 14.1. The number of rotatable bonds is 52. The Morgan fingerprint density at radius 3 is 1.42 bits per heavy atom. The first-order valence-corrected chi connectivity index (χ1v) is 41.7. The lowest BCUT2D eigenvalue weighted by Crippen LogP contribution is -2.62. The maximum absolute atomic E-state index is 15.1. The van der Waals surface area contributed by atoms with E-state index in [-0.39, 0.29) is 133 Å². The molecule has 14 amide bonds. The standard InChI is InChI=1S/C77H130N26O14S/c1-11-58(104)91-40-55(98-72(115)61(44(8)9)101-69(112)57-28-20-35-103(57)73(116)51(25-17-32-88-76(83)84)94-65(108)53(37-41(2)3)96-63(106)47(79)22-14-15-30-78)67(110)93-50(29-36-118-10)64(107)99-60(43(6)7)71(114)95-52(26-18-33-89-77(85)86)74(117)102-34-19-27-56(102)68(111)97-54(38-45-39-90-48-23-13-12-21-46(45)48)66(109)100-59(42(4)5)70(113)92-49(62(80)105)24-16-31-87-75(81)82/h11-13,21,23,39,41-44,47,49-57,59-61,90H,1,14-20,22,24-38,40,78-79H2,2-10H3,(H2,80,105)(H,91,104)(H,92,113)(H,93,110)(H,94,108)(H,95,114)(H,96,106)(H,97,111)(H,98,115)(H,99,107)(H,100,109)(H,101,112)(H4,81,82,87)(H4,83,84,88)(H4,85,86,89). The van der Waals surface area contributed by atoms with Crippen LogP contribution in [0.2, 0.25) is 0 Å². The van der Waals surface area contributed by atoms with Crippen LogP contribution in [0.4, 0.5) is 0 Å². The van der Waals surface area contributed by atoms with Crippen molar-refractivity contribution in [1.82, 2.24) is 73.3 Å². The van der Waals surface area contributed by atoms with Crippen molar-refractivity contribution in [2.24, 2.45) is 90.3 Å². The number of thioether (sulfide) groups is 1. The number of H-pyrrole nitrogens is 1. The van der Waals surface area contributed by atoms with Crippen molar-refractivity contribution in [2.45, 2.75) is 237 Å². The molecule has 2 aliphatic rings. The summed E-state index contributed by atoms with van der Waals surface area (Å²) in [6.07, 6.45) is 7.47. The molecule has 118 heavy (non-hydrogen) atoms. The molecule has 2 aromatic rings. The van der Waals surface area contributed by atoms with Crippen LogP contribution in [-0.2, 0) is 73.5 Å². The van der Waals surface area contributed by atoms with E-state index in [1.54, 1.807) is 60.1 Å². The number of fused-ring (bicyclic) bond motifs is 1. The summed E-state index contributed by atoms with van der Waals surface area (Å²) in [5, 5.41) is 30.6. The highest BCUT2D eigenvalue weighted by Crippen LogP contribution is 2.25. The fourth-order valence-electron chi connectivity index (χ4n) is 13.6. The predicted octanol–water partition coefficient (Wildman–Crippen LogP) is -4.29. The molecule has 1 aromatic heterocycles. The molecular weight excluding hydrogens is 1550 g/mol. The van der Waals surface area contributed by atoms with E-state index in [1.165, 1.54) is 21.6 Å². The number of hydrogen-bond acceptors (Lipinski definition) is 20. The van der Waals surface area contributed by atoms with Gasteiger partial charge in [0, 0.05) is 62.8 Å². The van der Waals surface area contributed by atoms with Gasteiger partial charge in [-0.05, 0) is 150 Å². The number of aromatic nitrogens is 1. The normalized spacial score (nSPS) is 16.7. The van der Waals surface area contributed by atoms with Crippen molar-refractivity contribution in [2.75, 3.05) is 57.8 Å². The summed E-state index contributed by atoms with van der Waals surface area (Å²) in [6, 6.07) is -9.40. The SMILES string of the molecule is C=CC(=O)NCC(NC(=O)C(NC(=O)C1CCCN1C(=O)C(CCCN=C(N)N)NC(=O)C(CC(C)C)NC(=O)C(N)CCCCN)C(C)C)C(=O)NC(CCSC)C(=O)NC(C(=O)NC(CCCN=C(N)N)C(=O)N1CCCC1C(=O)NC(Cc1c[nH]c2ccccc12)C(=O)NC(C(=O)NC(CCCN=C(N)N)C(N)=O)C(C)C)C(C)C. The zero-order valence-corrected chi connectivity index (χ0v) is 70.3. The Morgan fingerprint density at radius 2 is 0.941 bits per heavy atom. The van der Waals surface area contributed by atoms with Crippen LogP contribution < -0.4 is 110 Å². The minimum absolute atomic E-state index is 0.00795. The van der Waals surface area contributed by atoms with Gasteiger partial charge in [-0.15, -0.1) is 0 Å². The van der Waals surface area contributed by atoms with Crippen molar-refractivity contribution in [1.29, 1.82) is 0 Å². The summed E-state index contributed by atoms with van der Waals surface area (Å²) in [5.74, 6) is -13.1. The van der Waals surface area contributed by atoms with E-state index in [0.29, 0.717) is 44.2 Å². The summed E-state index contributed by atoms with van der Waals surface area (Å²) in [5.41, 5.74) is 52.3. The monoisotopic (exact) mass is 1670 g/mol. The third-order valence-electron chi connectivity index (χ3n) is 20.1. The molecule has 41 heteroatoms. The molecule has 13 atom stereocenters. The van der Waals surface area contributed by atoms with Crippen LogP contribution in [0, 0.1) is 23.7 Å². The second kappa shape index (κ2) is 50.7. The van der Waals surface area contributed by atoms with Crippen LogP contribution in [-0.4, -0.2) is 252 Å². The van der Waals surface area contributed by atoms with Gasteiger partial charge in [-0.25, -0.2) is 0 Å². The van der Waals surface area contributed by atoms with Gasteiger partial charge in [-0.1, -0.05) is 86.6 Å². The third kappa shape index (κ3) is 32.9. The van der Waals surface area contributed by atoms with E-state index in [4.69, 9.17) is 51.6 Å². The second-order valence-corrected chi connectivity index (χ2v) is 32.0. The zero-order valence-electron chi connectivity index (χ0n) is 69.5. The highest BCUT2D eigenvalue weighted by Gasteiger charge is 2.44. The molecule has 13 unspecified atom stereocenters. The molecule has 3 heterocycles. The largest absolute Gasteiger partial charge is 0.370 e. The van der Waals surface area contributed by atoms with Gasteiger partial charge in [0.05, 0.1) is 6.04 Å². The highest BCUT2D eigenvalue weighted by molar-refractivity contribution is 7.98. The summed E-state index contributed by atoms with van der Waals surface area (Å²) < 4.78 is 0. The average Bonchev–Trinajstić information content (AvgIpc) is 1.63. The van der Waals surface area contributed by atoms with Crippen molar-refractivity contribution in [3.05, 3.63) is 48.7 Å². The molecule has 30 N–H and O–H groups in total. The van der Waals surface area contributed by atoms with Crippen LogP contribution in [0.1, 0.15) is 157 Å². The van der Waals surface area contributed by atoms with Gasteiger partial charge in [-0.3, -0.25) is 82.1 Å². The van der Waals surface area contributed by atoms with E-state index in [1.807, 2.05) is 32.0 Å². The number of nitrogens with zero attached hydrogens (tertiary/aromatic N) is 5.